The van der Waals surface area contributed by atoms with Gasteiger partial charge in [-0.05, 0) is 35.9 Å². The molecule has 6 aromatic rings. The van der Waals surface area contributed by atoms with Crippen molar-refractivity contribution in [3.8, 4) is 22.8 Å². The predicted octanol–water partition coefficient (Wildman–Crippen LogP) is 7.83. The van der Waals surface area contributed by atoms with Gasteiger partial charge in [-0.2, -0.15) is 18.3 Å². The number of nitro groups is 1. The molecule has 6 rings (SSSR count). The van der Waals surface area contributed by atoms with E-state index in [-0.39, 0.29) is 34.0 Å². The number of nitrogens with zero attached hydrogens (tertiary/aromatic N) is 4. The Hall–Kier alpha value is -5.78. The largest absolute Gasteiger partial charge is 0.457 e. The Morgan fingerprint density at radius 2 is 1.70 bits per heavy atom. The number of ether oxygens (including phenoxy) is 1. The first-order valence-corrected chi connectivity index (χ1v) is 12.9. The standard InChI is InChI=1S/C31H20F3N5O4/c1-18-9-11-22(12-10-18)43-23-14-20(13-21(15-23)39(41)42)36-30(40)26-17-35-38-28(31(32,33)34)16-27(37-29(26)38)25-8-4-6-19-5-2-3-7-24(19)25/h2-17H,1H3,(H,36,40). The molecule has 0 saturated carbocycles. The number of rotatable bonds is 6. The molecule has 1 amide bonds. The third kappa shape index (κ3) is 5.45. The maximum Gasteiger partial charge on any atom is 0.433 e. The number of carbonyl (C=O) groups excluding carboxylic acids is 1. The summed E-state index contributed by atoms with van der Waals surface area (Å²) in [5.74, 6) is -0.382. The van der Waals surface area contributed by atoms with Crippen LogP contribution in [0.25, 0.3) is 27.7 Å². The zero-order valence-corrected chi connectivity index (χ0v) is 22.3. The first kappa shape index (κ1) is 27.4. The first-order chi connectivity index (χ1) is 20.6. The fourth-order valence-electron chi connectivity index (χ4n) is 4.67. The molecule has 0 aliphatic carbocycles. The Balaban J connectivity index is 1.42. The molecule has 0 bridgehead atoms. The number of aryl methyl sites for hydroxylation is 1. The molecule has 0 fully saturated rings. The van der Waals surface area contributed by atoms with E-state index in [1.807, 2.05) is 25.1 Å². The number of nitro benzene ring substituents is 1. The molecular weight excluding hydrogens is 563 g/mol. The van der Waals surface area contributed by atoms with Gasteiger partial charge in [0.2, 0.25) is 0 Å². The normalized spacial score (nSPS) is 11.5. The van der Waals surface area contributed by atoms with E-state index in [9.17, 15) is 28.1 Å². The quantitative estimate of drug-likeness (QED) is 0.158. The fourth-order valence-corrected chi connectivity index (χ4v) is 4.67. The van der Waals surface area contributed by atoms with Crippen LogP contribution in [0.1, 0.15) is 21.6 Å². The summed E-state index contributed by atoms with van der Waals surface area (Å²) in [6, 6.07) is 23.9. The Morgan fingerprint density at radius 3 is 2.44 bits per heavy atom. The minimum atomic E-state index is -4.82. The summed E-state index contributed by atoms with van der Waals surface area (Å²) in [6.45, 7) is 1.89. The highest BCUT2D eigenvalue weighted by atomic mass is 19.4. The van der Waals surface area contributed by atoms with Crippen molar-refractivity contribution in [2.24, 2.45) is 0 Å². The van der Waals surface area contributed by atoms with Gasteiger partial charge in [0, 0.05) is 17.7 Å². The molecule has 0 atom stereocenters. The van der Waals surface area contributed by atoms with Crippen molar-refractivity contribution in [3.05, 3.63) is 124 Å². The summed E-state index contributed by atoms with van der Waals surface area (Å²) < 4.78 is 48.9. The Kier molecular flexibility index (Phi) is 6.73. The Morgan fingerprint density at radius 1 is 0.953 bits per heavy atom. The molecule has 2 aromatic heterocycles. The third-order valence-electron chi connectivity index (χ3n) is 6.69. The van der Waals surface area contributed by atoms with Crippen molar-refractivity contribution in [2.75, 3.05) is 5.32 Å². The van der Waals surface area contributed by atoms with Gasteiger partial charge in [0.1, 0.15) is 17.1 Å². The number of aromatic nitrogens is 3. The fraction of sp³-hybridized carbons (Fsp3) is 0.0645. The highest BCUT2D eigenvalue weighted by Gasteiger charge is 2.36. The molecule has 4 aromatic carbocycles. The zero-order chi connectivity index (χ0) is 30.3. The van der Waals surface area contributed by atoms with E-state index in [0.717, 1.165) is 29.3 Å². The molecule has 214 valence electrons. The average molecular weight is 584 g/mol. The van der Waals surface area contributed by atoms with Crippen LogP contribution in [0, 0.1) is 17.0 Å². The Bertz CT molecular complexity index is 2030. The van der Waals surface area contributed by atoms with Crippen LogP contribution in [0.5, 0.6) is 11.5 Å². The van der Waals surface area contributed by atoms with Crippen molar-refractivity contribution in [1.82, 2.24) is 14.6 Å². The van der Waals surface area contributed by atoms with Gasteiger partial charge in [0.25, 0.3) is 11.6 Å². The number of amides is 1. The maximum atomic E-state index is 14.2. The van der Waals surface area contributed by atoms with Crippen LogP contribution in [-0.2, 0) is 6.18 Å². The summed E-state index contributed by atoms with van der Waals surface area (Å²) in [5, 5.41) is 19.4. The number of hydrogen-bond acceptors (Lipinski definition) is 6. The van der Waals surface area contributed by atoms with Gasteiger partial charge in [0.05, 0.1) is 28.6 Å². The van der Waals surface area contributed by atoms with E-state index >= 15 is 0 Å². The van der Waals surface area contributed by atoms with E-state index < -0.39 is 22.7 Å². The van der Waals surface area contributed by atoms with Crippen molar-refractivity contribution in [1.29, 1.82) is 0 Å². The van der Waals surface area contributed by atoms with Gasteiger partial charge in [-0.1, -0.05) is 60.2 Å². The minimum Gasteiger partial charge on any atom is -0.457 e. The SMILES string of the molecule is Cc1ccc(Oc2cc(NC(=O)c3cnn4c(C(F)(F)F)cc(-c5cccc6ccccc56)nc34)cc([N+](=O)[O-])c2)cc1. The van der Waals surface area contributed by atoms with E-state index in [1.165, 1.54) is 12.1 Å². The maximum absolute atomic E-state index is 14.2. The van der Waals surface area contributed by atoms with Crippen molar-refractivity contribution >= 4 is 33.7 Å². The number of nitrogens with one attached hydrogen (secondary N) is 1. The van der Waals surface area contributed by atoms with Crippen molar-refractivity contribution in [2.45, 2.75) is 13.1 Å². The predicted molar refractivity (Wildman–Crippen MR) is 153 cm³/mol. The van der Waals surface area contributed by atoms with Crippen molar-refractivity contribution < 1.29 is 27.6 Å². The highest BCUT2D eigenvalue weighted by molar-refractivity contribution is 6.08. The Labute approximate surface area is 241 Å². The number of benzene rings is 4. The molecule has 0 spiro atoms. The van der Waals surface area contributed by atoms with Gasteiger partial charge in [0.15, 0.2) is 11.3 Å². The second kappa shape index (κ2) is 10.6. The number of hydrogen-bond donors (Lipinski definition) is 1. The number of carbonyl (C=O) groups is 1. The molecule has 0 aliphatic heterocycles. The van der Waals surface area contributed by atoms with E-state index in [2.05, 4.69) is 15.4 Å². The monoisotopic (exact) mass is 583 g/mol. The van der Waals surface area contributed by atoms with Gasteiger partial charge in [-0.25, -0.2) is 9.50 Å². The smallest absolute Gasteiger partial charge is 0.433 e. The average Bonchev–Trinajstić information content (AvgIpc) is 3.41. The summed E-state index contributed by atoms with van der Waals surface area (Å²) in [4.78, 5) is 28.8. The lowest BCUT2D eigenvalue weighted by molar-refractivity contribution is -0.384. The number of fused-ring (bicyclic) bond motifs is 2. The summed E-state index contributed by atoms with van der Waals surface area (Å²) in [7, 11) is 0. The van der Waals surface area contributed by atoms with Crippen LogP contribution >= 0.6 is 0 Å². The lowest BCUT2D eigenvalue weighted by Crippen LogP contribution is -2.16. The van der Waals surface area contributed by atoms with E-state index in [1.54, 1.807) is 48.5 Å². The molecule has 9 nitrogen and oxygen atoms in total. The molecule has 0 aliphatic rings. The van der Waals surface area contributed by atoms with Gasteiger partial charge in [-0.15, -0.1) is 0 Å². The second-order valence-electron chi connectivity index (χ2n) is 9.69. The second-order valence-corrected chi connectivity index (χ2v) is 9.69. The minimum absolute atomic E-state index is 0.00434. The van der Waals surface area contributed by atoms with Gasteiger partial charge in [-0.3, -0.25) is 14.9 Å². The third-order valence-corrected chi connectivity index (χ3v) is 6.69. The topological polar surface area (TPSA) is 112 Å². The highest BCUT2D eigenvalue weighted by Crippen LogP contribution is 2.35. The van der Waals surface area contributed by atoms with Crippen LogP contribution in [0.15, 0.2) is 97.2 Å². The van der Waals surface area contributed by atoms with Crippen LogP contribution in [-0.4, -0.2) is 25.4 Å². The molecule has 1 N–H and O–H groups in total. The number of non-ortho nitro benzene ring substituents is 1. The summed E-state index contributed by atoms with van der Waals surface area (Å²) in [6.07, 6.45) is -3.84. The molecule has 0 unspecified atom stereocenters. The van der Waals surface area contributed by atoms with Crippen LogP contribution < -0.4 is 10.1 Å². The van der Waals surface area contributed by atoms with Crippen LogP contribution in [0.3, 0.4) is 0 Å². The number of alkyl halides is 3. The lowest BCUT2D eigenvalue weighted by atomic mass is 10.0. The van der Waals surface area contributed by atoms with Gasteiger partial charge >= 0.3 is 6.18 Å². The molecule has 12 heteroatoms. The summed E-state index contributed by atoms with van der Waals surface area (Å²) in [5.41, 5.74) is -0.679. The number of anilines is 1. The zero-order valence-electron chi connectivity index (χ0n) is 22.3. The van der Waals surface area contributed by atoms with Crippen LogP contribution in [0.4, 0.5) is 24.5 Å². The number of halogens is 3. The molecule has 0 radical (unpaired) electrons. The molecular formula is C31H20F3N5O4. The lowest BCUT2D eigenvalue weighted by Gasteiger charge is -2.13. The molecule has 43 heavy (non-hydrogen) atoms. The summed E-state index contributed by atoms with van der Waals surface area (Å²) >= 11 is 0. The van der Waals surface area contributed by atoms with Crippen molar-refractivity contribution in [3.63, 3.8) is 0 Å². The van der Waals surface area contributed by atoms with E-state index in [4.69, 9.17) is 4.74 Å². The molecule has 2 heterocycles. The van der Waals surface area contributed by atoms with Crippen LogP contribution in [0.2, 0.25) is 0 Å². The first-order valence-electron chi connectivity index (χ1n) is 12.9. The van der Waals surface area contributed by atoms with E-state index in [0.29, 0.717) is 21.2 Å². The van der Waals surface area contributed by atoms with Gasteiger partial charge < -0.3 is 10.1 Å². The molecule has 0 saturated heterocycles.